The van der Waals surface area contributed by atoms with E-state index in [0.29, 0.717) is 6.42 Å². The third kappa shape index (κ3) is 4.75. The maximum absolute atomic E-state index is 13.0. The lowest BCUT2D eigenvalue weighted by Gasteiger charge is -2.40. The molecule has 0 aromatic heterocycles. The summed E-state index contributed by atoms with van der Waals surface area (Å²) in [5, 5.41) is 0. The van der Waals surface area contributed by atoms with Crippen LogP contribution in [-0.4, -0.2) is 36.9 Å². The zero-order valence-corrected chi connectivity index (χ0v) is 17.0. The molecule has 1 aliphatic heterocycles. The van der Waals surface area contributed by atoms with Gasteiger partial charge >= 0.3 is 0 Å². The number of nitrogens with zero attached hydrogens (tertiary/aromatic N) is 2. The van der Waals surface area contributed by atoms with Crippen LogP contribution in [0, 0.1) is 6.92 Å². The fourth-order valence-corrected chi connectivity index (χ4v) is 4.10. The van der Waals surface area contributed by atoms with Gasteiger partial charge in [-0.25, -0.2) is 0 Å². The first-order valence-electron chi connectivity index (χ1n) is 10.4. The number of aryl methyl sites for hydroxylation is 1. The molecule has 1 heterocycles. The van der Waals surface area contributed by atoms with Crippen LogP contribution in [0.25, 0.3) is 0 Å². The molecule has 0 radical (unpaired) electrons. The lowest BCUT2D eigenvalue weighted by atomic mass is 9.95. The Hall–Kier alpha value is -2.91. The van der Waals surface area contributed by atoms with E-state index >= 15 is 0 Å². The molecular formula is C26H28N2O. The number of hydrogen-bond acceptors (Lipinski definition) is 3. The summed E-state index contributed by atoms with van der Waals surface area (Å²) < 4.78 is 0. The van der Waals surface area contributed by atoms with Crippen molar-refractivity contribution in [2.45, 2.75) is 19.4 Å². The minimum atomic E-state index is 0.114. The van der Waals surface area contributed by atoms with Crippen molar-refractivity contribution < 1.29 is 4.79 Å². The summed E-state index contributed by atoms with van der Waals surface area (Å²) in [6.45, 7) is 5.91. The average molecular weight is 385 g/mol. The van der Waals surface area contributed by atoms with Crippen LogP contribution in [0.2, 0.25) is 0 Å². The summed E-state index contributed by atoms with van der Waals surface area (Å²) in [5.41, 5.74) is 4.48. The Kier molecular flexibility index (Phi) is 6.06. The van der Waals surface area contributed by atoms with Crippen LogP contribution < -0.4 is 4.90 Å². The number of Topliss-reactive ketones (excluding diaryl/α,β-unsaturated/α-hetero) is 1. The maximum Gasteiger partial charge on any atom is 0.164 e. The lowest BCUT2D eigenvalue weighted by Crippen LogP contribution is -2.48. The van der Waals surface area contributed by atoms with Crippen molar-refractivity contribution in [2.75, 3.05) is 31.1 Å². The molecular weight excluding hydrogens is 356 g/mol. The van der Waals surface area contributed by atoms with Gasteiger partial charge in [0, 0.05) is 49.9 Å². The fourth-order valence-electron chi connectivity index (χ4n) is 4.10. The van der Waals surface area contributed by atoms with E-state index < -0.39 is 0 Å². The molecule has 0 aliphatic carbocycles. The zero-order valence-electron chi connectivity index (χ0n) is 17.0. The van der Waals surface area contributed by atoms with E-state index in [9.17, 15) is 4.79 Å². The molecule has 1 unspecified atom stereocenters. The van der Waals surface area contributed by atoms with E-state index in [1.54, 1.807) is 0 Å². The van der Waals surface area contributed by atoms with E-state index in [0.717, 1.165) is 31.7 Å². The van der Waals surface area contributed by atoms with Crippen molar-refractivity contribution >= 4 is 11.5 Å². The first-order chi connectivity index (χ1) is 14.2. The van der Waals surface area contributed by atoms with Crippen LogP contribution in [0.3, 0.4) is 0 Å². The number of benzene rings is 3. The number of carbonyl (C=O) groups excluding carboxylic acids is 1. The highest BCUT2D eigenvalue weighted by Crippen LogP contribution is 2.28. The monoisotopic (exact) mass is 384 g/mol. The summed E-state index contributed by atoms with van der Waals surface area (Å²) in [6, 6.07) is 29.1. The molecule has 148 valence electrons. The summed E-state index contributed by atoms with van der Waals surface area (Å²) in [4.78, 5) is 17.9. The minimum Gasteiger partial charge on any atom is -0.369 e. The summed E-state index contributed by atoms with van der Waals surface area (Å²) >= 11 is 0. The maximum atomic E-state index is 13.0. The van der Waals surface area contributed by atoms with Gasteiger partial charge in [-0.1, -0.05) is 78.4 Å². The van der Waals surface area contributed by atoms with Gasteiger partial charge in [0.05, 0.1) is 0 Å². The molecule has 0 amide bonds. The molecule has 3 heteroatoms. The number of anilines is 1. The summed E-state index contributed by atoms with van der Waals surface area (Å²) in [5.74, 6) is 0.212. The average Bonchev–Trinajstić information content (AvgIpc) is 2.79. The zero-order chi connectivity index (χ0) is 20.1. The van der Waals surface area contributed by atoms with Gasteiger partial charge in [-0.2, -0.15) is 0 Å². The van der Waals surface area contributed by atoms with E-state index in [1.165, 1.54) is 16.8 Å². The van der Waals surface area contributed by atoms with Crippen LogP contribution in [0.4, 0.5) is 5.69 Å². The predicted octanol–water partition coefficient (Wildman–Crippen LogP) is 5.13. The Morgan fingerprint density at radius 2 is 1.38 bits per heavy atom. The molecule has 1 atom stereocenters. The molecule has 3 nitrogen and oxygen atoms in total. The third-order valence-electron chi connectivity index (χ3n) is 5.81. The second-order valence-electron chi connectivity index (χ2n) is 7.78. The molecule has 3 aromatic carbocycles. The van der Waals surface area contributed by atoms with Crippen molar-refractivity contribution in [3.05, 3.63) is 102 Å². The molecule has 1 saturated heterocycles. The molecule has 3 aromatic rings. The summed E-state index contributed by atoms with van der Waals surface area (Å²) in [6.07, 6.45) is 0.512. The molecule has 0 spiro atoms. The van der Waals surface area contributed by atoms with Gasteiger partial charge in [-0.3, -0.25) is 9.69 Å². The smallest absolute Gasteiger partial charge is 0.164 e. The molecule has 1 aliphatic rings. The highest BCUT2D eigenvalue weighted by molar-refractivity contribution is 5.96. The van der Waals surface area contributed by atoms with E-state index in [-0.39, 0.29) is 11.8 Å². The number of ketones is 1. The highest BCUT2D eigenvalue weighted by Gasteiger charge is 2.27. The number of piperazine rings is 1. The standard InChI is InChI=1S/C26H28N2O/c1-21-12-14-23(15-13-21)26(29)20-25(22-8-4-2-5-9-22)28-18-16-27(17-19-28)24-10-6-3-7-11-24/h2-15,25H,16-20H2,1H3. The molecule has 0 saturated carbocycles. The first kappa shape index (κ1) is 19.4. The van der Waals surface area contributed by atoms with Gasteiger partial charge in [0.15, 0.2) is 5.78 Å². The molecule has 4 rings (SSSR count). The molecule has 0 bridgehead atoms. The molecule has 1 fully saturated rings. The molecule has 0 N–H and O–H groups in total. The normalized spacial score (nSPS) is 15.8. The van der Waals surface area contributed by atoms with Gasteiger partial charge < -0.3 is 4.90 Å². The Labute approximate surface area is 173 Å². The topological polar surface area (TPSA) is 23.6 Å². The number of para-hydroxylation sites is 1. The highest BCUT2D eigenvalue weighted by atomic mass is 16.1. The minimum absolute atomic E-state index is 0.114. The Morgan fingerprint density at radius 3 is 2.00 bits per heavy atom. The SMILES string of the molecule is Cc1ccc(C(=O)CC(c2ccccc2)N2CCN(c3ccccc3)CC2)cc1. The molecule has 29 heavy (non-hydrogen) atoms. The van der Waals surface area contributed by atoms with Crippen LogP contribution in [0.15, 0.2) is 84.9 Å². The second kappa shape index (κ2) is 9.06. The Morgan fingerprint density at radius 1 is 0.793 bits per heavy atom. The van der Waals surface area contributed by atoms with E-state index in [4.69, 9.17) is 0 Å². The fraction of sp³-hybridized carbons (Fsp3) is 0.269. The van der Waals surface area contributed by atoms with Crippen molar-refractivity contribution in [2.24, 2.45) is 0 Å². The second-order valence-corrected chi connectivity index (χ2v) is 7.78. The van der Waals surface area contributed by atoms with Gasteiger partial charge in [0.25, 0.3) is 0 Å². The van der Waals surface area contributed by atoms with Crippen molar-refractivity contribution in [3.63, 3.8) is 0 Å². The first-order valence-corrected chi connectivity index (χ1v) is 10.4. The quantitative estimate of drug-likeness (QED) is 0.550. The van der Waals surface area contributed by atoms with Gasteiger partial charge in [-0.15, -0.1) is 0 Å². The summed E-state index contributed by atoms with van der Waals surface area (Å²) in [7, 11) is 0. The third-order valence-corrected chi connectivity index (χ3v) is 5.81. The van der Waals surface area contributed by atoms with E-state index in [1.807, 2.05) is 37.3 Å². The predicted molar refractivity (Wildman–Crippen MR) is 120 cm³/mol. The van der Waals surface area contributed by atoms with Crippen molar-refractivity contribution in [1.82, 2.24) is 4.90 Å². The van der Waals surface area contributed by atoms with E-state index in [2.05, 4.69) is 64.4 Å². The number of carbonyl (C=O) groups is 1. The largest absolute Gasteiger partial charge is 0.369 e. The van der Waals surface area contributed by atoms with Crippen molar-refractivity contribution in [1.29, 1.82) is 0 Å². The van der Waals surface area contributed by atoms with Crippen LogP contribution >= 0.6 is 0 Å². The lowest BCUT2D eigenvalue weighted by molar-refractivity contribution is 0.0910. The van der Waals surface area contributed by atoms with Crippen LogP contribution in [-0.2, 0) is 0 Å². The Bertz CT molecular complexity index is 914. The van der Waals surface area contributed by atoms with Gasteiger partial charge in [-0.05, 0) is 24.6 Å². The Balaban J connectivity index is 1.49. The van der Waals surface area contributed by atoms with Gasteiger partial charge in [0.1, 0.15) is 0 Å². The van der Waals surface area contributed by atoms with Crippen LogP contribution in [0.5, 0.6) is 0 Å². The van der Waals surface area contributed by atoms with Gasteiger partial charge in [0.2, 0.25) is 0 Å². The number of rotatable bonds is 6. The van der Waals surface area contributed by atoms with Crippen LogP contribution in [0.1, 0.15) is 33.9 Å². The van der Waals surface area contributed by atoms with Crippen molar-refractivity contribution in [3.8, 4) is 0 Å². The number of hydrogen-bond donors (Lipinski definition) is 0.